The van der Waals surface area contributed by atoms with Gasteiger partial charge in [-0.1, -0.05) is 15.9 Å². The smallest absolute Gasteiger partial charge is 0.269 e. The van der Waals surface area contributed by atoms with Crippen molar-refractivity contribution >= 4 is 33.2 Å². The lowest BCUT2D eigenvalue weighted by molar-refractivity contribution is -0.384. The molecule has 2 aromatic rings. The number of halogens is 1. The highest BCUT2D eigenvalue weighted by Gasteiger charge is 2.26. The quantitative estimate of drug-likeness (QED) is 0.253. The minimum absolute atomic E-state index is 0.117. The molecule has 0 bridgehead atoms. The summed E-state index contributed by atoms with van der Waals surface area (Å²) >= 11 is 3.10. The molecule has 0 saturated carbocycles. The summed E-state index contributed by atoms with van der Waals surface area (Å²) in [4.78, 5) is 33.6. The normalized spacial score (nSPS) is 11.6. The minimum Gasteiger partial charge on any atom is -0.497 e. The van der Waals surface area contributed by atoms with Crippen LogP contribution in [0.3, 0.4) is 0 Å². The van der Waals surface area contributed by atoms with Gasteiger partial charge in [-0.3, -0.25) is 19.7 Å². The monoisotopic (exact) mass is 377 g/mol. The predicted octanol–water partition coefficient (Wildman–Crippen LogP) is 3.43. The first-order valence-corrected chi connectivity index (χ1v) is 7.46. The second-order valence-corrected chi connectivity index (χ2v) is 5.54. The van der Waals surface area contributed by atoms with Crippen molar-refractivity contribution in [2.75, 3.05) is 7.11 Å². The maximum atomic E-state index is 12.3. The van der Waals surface area contributed by atoms with E-state index in [1.165, 1.54) is 31.4 Å². The van der Waals surface area contributed by atoms with Crippen LogP contribution in [0.1, 0.15) is 20.7 Å². The molecule has 0 heterocycles. The number of Topliss-reactive ketones (excluding diaryl/α,β-unsaturated/α-hetero) is 2. The summed E-state index contributed by atoms with van der Waals surface area (Å²) in [5.74, 6) is -0.244. The Labute approximate surface area is 140 Å². The van der Waals surface area contributed by atoms with E-state index in [4.69, 9.17) is 4.74 Å². The zero-order valence-electron chi connectivity index (χ0n) is 12.1. The van der Waals surface area contributed by atoms with Crippen LogP contribution in [0, 0.1) is 10.1 Å². The van der Waals surface area contributed by atoms with Crippen molar-refractivity contribution in [3.05, 3.63) is 69.8 Å². The van der Waals surface area contributed by atoms with Gasteiger partial charge in [-0.2, -0.15) is 0 Å². The average Bonchev–Trinajstić information content (AvgIpc) is 2.60. The fourth-order valence-corrected chi connectivity index (χ4v) is 2.44. The predicted molar refractivity (Wildman–Crippen MR) is 87.5 cm³/mol. The van der Waals surface area contributed by atoms with Crippen LogP contribution in [0.15, 0.2) is 48.5 Å². The highest BCUT2D eigenvalue weighted by Crippen LogP contribution is 2.20. The van der Waals surface area contributed by atoms with Gasteiger partial charge in [0, 0.05) is 23.3 Å². The van der Waals surface area contributed by atoms with Gasteiger partial charge in [-0.25, -0.2) is 0 Å². The molecular weight excluding hydrogens is 366 g/mol. The number of rotatable bonds is 6. The van der Waals surface area contributed by atoms with Crippen molar-refractivity contribution in [2.24, 2.45) is 0 Å². The summed E-state index contributed by atoms with van der Waals surface area (Å²) in [5, 5.41) is 10.6. The highest BCUT2D eigenvalue weighted by atomic mass is 79.9. The Morgan fingerprint density at radius 1 is 1.00 bits per heavy atom. The second kappa shape index (κ2) is 7.15. The lowest BCUT2D eigenvalue weighted by Crippen LogP contribution is -2.24. The Bertz CT molecular complexity index is 740. The fourth-order valence-electron chi connectivity index (χ4n) is 1.91. The molecule has 0 aliphatic rings. The lowest BCUT2D eigenvalue weighted by atomic mass is 10.0. The Hall–Kier alpha value is -2.54. The molecule has 0 aromatic heterocycles. The van der Waals surface area contributed by atoms with Crippen molar-refractivity contribution in [1.82, 2.24) is 0 Å². The van der Waals surface area contributed by atoms with Crippen molar-refractivity contribution in [1.29, 1.82) is 0 Å². The Kier molecular flexibility index (Phi) is 5.23. The molecule has 2 aromatic carbocycles. The third kappa shape index (κ3) is 3.81. The molecule has 0 aliphatic carbocycles. The van der Waals surface area contributed by atoms with Crippen molar-refractivity contribution in [2.45, 2.75) is 4.83 Å². The first-order chi connectivity index (χ1) is 10.9. The fraction of sp³-hybridized carbons (Fsp3) is 0.125. The minimum atomic E-state index is -1.06. The summed E-state index contributed by atoms with van der Waals surface area (Å²) in [6.45, 7) is 0. The number of benzene rings is 2. The van der Waals surface area contributed by atoms with E-state index in [0.29, 0.717) is 11.3 Å². The molecule has 0 fully saturated rings. The second-order valence-electron chi connectivity index (χ2n) is 4.62. The number of alkyl halides is 1. The summed E-state index contributed by atoms with van der Waals surface area (Å²) in [7, 11) is 1.52. The zero-order chi connectivity index (χ0) is 17.0. The molecule has 0 unspecified atom stereocenters. The molecule has 118 valence electrons. The van der Waals surface area contributed by atoms with Gasteiger partial charge in [-0.15, -0.1) is 0 Å². The summed E-state index contributed by atoms with van der Waals surface area (Å²) in [5.41, 5.74) is 0.469. The van der Waals surface area contributed by atoms with Gasteiger partial charge in [0.2, 0.25) is 0 Å². The Balaban J connectivity index is 2.17. The molecule has 0 amide bonds. The zero-order valence-corrected chi connectivity index (χ0v) is 13.6. The van der Waals surface area contributed by atoms with Crippen LogP contribution in [0.4, 0.5) is 5.69 Å². The Morgan fingerprint density at radius 3 is 1.83 bits per heavy atom. The van der Waals surface area contributed by atoms with E-state index >= 15 is 0 Å². The average molecular weight is 378 g/mol. The molecule has 23 heavy (non-hydrogen) atoms. The van der Waals surface area contributed by atoms with Crippen molar-refractivity contribution < 1.29 is 19.2 Å². The number of carbonyl (C=O) groups is 2. The number of methoxy groups -OCH3 is 1. The van der Waals surface area contributed by atoms with Gasteiger partial charge in [0.15, 0.2) is 11.6 Å². The molecule has 7 heteroatoms. The number of carbonyl (C=O) groups excluding carboxylic acids is 2. The summed E-state index contributed by atoms with van der Waals surface area (Å²) < 4.78 is 5.01. The number of ether oxygens (including phenoxy) is 1. The molecule has 0 N–H and O–H groups in total. The van der Waals surface area contributed by atoms with E-state index in [9.17, 15) is 19.7 Å². The van der Waals surface area contributed by atoms with E-state index in [0.717, 1.165) is 0 Å². The number of hydrogen-bond acceptors (Lipinski definition) is 5. The maximum absolute atomic E-state index is 12.3. The summed E-state index contributed by atoms with van der Waals surface area (Å²) in [6, 6.07) is 11.5. The van der Waals surface area contributed by atoms with Crippen LogP contribution in [0.5, 0.6) is 5.75 Å². The van der Waals surface area contributed by atoms with Crippen LogP contribution < -0.4 is 4.74 Å². The number of non-ortho nitro benzene ring substituents is 1. The molecule has 0 radical (unpaired) electrons. The summed E-state index contributed by atoms with van der Waals surface area (Å²) in [6.07, 6.45) is 0. The van der Waals surface area contributed by atoms with E-state index in [1.807, 2.05) is 0 Å². The molecule has 0 saturated heterocycles. The third-order valence-electron chi connectivity index (χ3n) is 3.20. The molecule has 2 rings (SSSR count). The molecule has 6 nitrogen and oxygen atoms in total. The number of nitro groups is 1. The van der Waals surface area contributed by atoms with Crippen LogP contribution >= 0.6 is 15.9 Å². The van der Waals surface area contributed by atoms with Crippen LogP contribution in [-0.4, -0.2) is 28.4 Å². The largest absolute Gasteiger partial charge is 0.497 e. The third-order valence-corrected chi connectivity index (χ3v) is 4.03. The topological polar surface area (TPSA) is 86.5 Å². The van der Waals surface area contributed by atoms with E-state index in [2.05, 4.69) is 15.9 Å². The number of nitrogens with zero attached hydrogens (tertiary/aromatic N) is 1. The first-order valence-electron chi connectivity index (χ1n) is 6.55. The molecule has 0 spiro atoms. The van der Waals surface area contributed by atoms with Gasteiger partial charge in [0.1, 0.15) is 10.6 Å². The van der Waals surface area contributed by atoms with Crippen molar-refractivity contribution in [3.63, 3.8) is 0 Å². The number of ketones is 2. The standard InChI is InChI=1S/C16H12BrNO5/c1-23-13-8-4-11(5-9-13)16(20)14(17)15(19)10-2-6-12(7-3-10)18(21)22/h2-9,14H,1H3/t14-/m0/s1. The van der Waals surface area contributed by atoms with Gasteiger partial charge in [0.05, 0.1) is 12.0 Å². The maximum Gasteiger partial charge on any atom is 0.269 e. The number of nitro benzene ring substituents is 1. The van der Waals surface area contributed by atoms with E-state index in [-0.39, 0.29) is 11.3 Å². The SMILES string of the molecule is COc1ccc(C(=O)[C@@H](Br)C(=O)c2ccc([N+](=O)[O-])cc2)cc1. The Morgan fingerprint density at radius 2 is 1.43 bits per heavy atom. The van der Waals surface area contributed by atoms with Gasteiger partial charge in [-0.05, 0) is 36.4 Å². The van der Waals surface area contributed by atoms with Crippen LogP contribution in [0.2, 0.25) is 0 Å². The van der Waals surface area contributed by atoms with Crippen LogP contribution in [-0.2, 0) is 0 Å². The highest BCUT2D eigenvalue weighted by molar-refractivity contribution is 9.10. The van der Waals surface area contributed by atoms with E-state index < -0.39 is 21.3 Å². The number of hydrogen-bond donors (Lipinski definition) is 0. The molecular formula is C16H12BrNO5. The van der Waals surface area contributed by atoms with E-state index in [1.54, 1.807) is 24.3 Å². The van der Waals surface area contributed by atoms with Crippen molar-refractivity contribution in [3.8, 4) is 5.75 Å². The van der Waals surface area contributed by atoms with Gasteiger partial charge in [0.25, 0.3) is 5.69 Å². The molecule has 1 atom stereocenters. The first kappa shape index (κ1) is 16.8. The van der Waals surface area contributed by atoms with Gasteiger partial charge < -0.3 is 4.74 Å². The van der Waals surface area contributed by atoms with Crippen LogP contribution in [0.25, 0.3) is 0 Å². The van der Waals surface area contributed by atoms with Gasteiger partial charge >= 0.3 is 0 Å². The lowest BCUT2D eigenvalue weighted by Gasteiger charge is -2.09. The molecule has 0 aliphatic heterocycles.